The molecule has 0 amide bonds. The number of allylic oxidation sites excluding steroid dienone is 3. The molecule has 1 unspecified atom stereocenters. The number of ether oxygens (including phenoxy) is 4. The molecule has 2 aromatic carbocycles. The topological polar surface area (TPSA) is 36.9 Å². The average molecular weight is 374 g/mol. The third kappa shape index (κ3) is 2.45. The molecule has 2 aromatic rings. The van der Waals surface area contributed by atoms with E-state index in [-0.39, 0.29) is 12.7 Å². The predicted octanol–water partition coefficient (Wildman–Crippen LogP) is 5.19. The van der Waals surface area contributed by atoms with Crippen molar-refractivity contribution in [1.82, 2.24) is 0 Å². The van der Waals surface area contributed by atoms with E-state index in [0.29, 0.717) is 13.2 Å². The minimum Gasteiger partial charge on any atom is -0.454 e. The highest BCUT2D eigenvalue weighted by Gasteiger charge is 2.37. The molecule has 0 saturated carbocycles. The van der Waals surface area contributed by atoms with Gasteiger partial charge in [0.25, 0.3) is 0 Å². The Morgan fingerprint density at radius 2 is 1.86 bits per heavy atom. The van der Waals surface area contributed by atoms with Crippen molar-refractivity contribution in [3.8, 4) is 11.5 Å². The van der Waals surface area contributed by atoms with E-state index in [9.17, 15) is 0 Å². The minimum absolute atomic E-state index is 0.157. The van der Waals surface area contributed by atoms with Crippen molar-refractivity contribution < 1.29 is 18.9 Å². The van der Waals surface area contributed by atoms with Crippen LogP contribution in [0.4, 0.5) is 0 Å². The van der Waals surface area contributed by atoms with Crippen LogP contribution in [0.3, 0.4) is 0 Å². The third-order valence-corrected chi connectivity index (χ3v) is 6.10. The summed E-state index contributed by atoms with van der Waals surface area (Å²) in [6.45, 7) is 1.45. The molecule has 1 fully saturated rings. The van der Waals surface area contributed by atoms with Crippen LogP contribution in [0.1, 0.15) is 59.3 Å². The van der Waals surface area contributed by atoms with Crippen LogP contribution >= 0.6 is 0 Å². The molecule has 1 saturated heterocycles. The number of fused-ring (bicyclic) bond motifs is 2. The molecule has 0 spiro atoms. The summed E-state index contributed by atoms with van der Waals surface area (Å²) in [5.41, 5.74) is 7.48. The maximum atomic E-state index is 5.97. The van der Waals surface area contributed by atoms with Gasteiger partial charge in [-0.2, -0.15) is 0 Å². The quantitative estimate of drug-likeness (QED) is 0.741. The van der Waals surface area contributed by atoms with Gasteiger partial charge in [0.1, 0.15) is 0 Å². The summed E-state index contributed by atoms with van der Waals surface area (Å²) in [5, 5.41) is 0. The third-order valence-electron chi connectivity index (χ3n) is 6.10. The summed E-state index contributed by atoms with van der Waals surface area (Å²) in [6.07, 6.45) is 9.89. The Labute approximate surface area is 164 Å². The molecule has 4 aliphatic rings. The van der Waals surface area contributed by atoms with Gasteiger partial charge in [-0.3, -0.25) is 0 Å². The smallest absolute Gasteiger partial charge is 0.231 e. The lowest BCUT2D eigenvalue weighted by atomic mass is 9.82. The average Bonchev–Trinajstić information content (AvgIpc) is 3.53. The van der Waals surface area contributed by atoms with Crippen LogP contribution in [-0.2, 0) is 9.47 Å². The Kier molecular flexibility index (Phi) is 3.81. The molecule has 0 radical (unpaired) electrons. The Bertz CT molecular complexity index is 998. The highest BCUT2D eigenvalue weighted by molar-refractivity contribution is 5.78. The van der Waals surface area contributed by atoms with Gasteiger partial charge in [-0.15, -0.1) is 0 Å². The summed E-state index contributed by atoms with van der Waals surface area (Å²) in [6, 6.07) is 10.8. The van der Waals surface area contributed by atoms with Gasteiger partial charge in [-0.1, -0.05) is 42.5 Å². The second kappa shape index (κ2) is 6.50. The summed E-state index contributed by atoms with van der Waals surface area (Å²) in [4.78, 5) is 0. The van der Waals surface area contributed by atoms with Gasteiger partial charge in [0.2, 0.25) is 6.79 Å². The normalized spacial score (nSPS) is 22.7. The number of rotatable bonds is 3. The lowest BCUT2D eigenvalue weighted by molar-refractivity contribution is -0.0462. The van der Waals surface area contributed by atoms with Crippen LogP contribution in [0.15, 0.2) is 42.5 Å². The molecule has 1 atom stereocenters. The van der Waals surface area contributed by atoms with Gasteiger partial charge in [0, 0.05) is 5.92 Å². The van der Waals surface area contributed by atoms with Gasteiger partial charge in [0.05, 0.1) is 18.8 Å². The minimum atomic E-state index is -0.409. The van der Waals surface area contributed by atoms with E-state index >= 15 is 0 Å². The molecule has 0 aromatic heterocycles. The Morgan fingerprint density at radius 3 is 2.71 bits per heavy atom. The largest absolute Gasteiger partial charge is 0.454 e. The van der Waals surface area contributed by atoms with Crippen molar-refractivity contribution in [1.29, 1.82) is 0 Å². The van der Waals surface area contributed by atoms with Gasteiger partial charge < -0.3 is 18.9 Å². The Balaban J connectivity index is 1.62. The van der Waals surface area contributed by atoms with Crippen molar-refractivity contribution >= 4 is 11.6 Å². The van der Waals surface area contributed by atoms with E-state index in [1.807, 2.05) is 0 Å². The summed E-state index contributed by atoms with van der Waals surface area (Å²) in [5.74, 6) is 1.74. The summed E-state index contributed by atoms with van der Waals surface area (Å²) >= 11 is 0. The second-order valence-corrected chi connectivity index (χ2v) is 7.65. The first-order valence-electron chi connectivity index (χ1n) is 10.1. The van der Waals surface area contributed by atoms with E-state index in [4.69, 9.17) is 18.9 Å². The molecule has 4 nitrogen and oxygen atoms in total. The lowest BCUT2D eigenvalue weighted by Gasteiger charge is -2.25. The van der Waals surface area contributed by atoms with Gasteiger partial charge >= 0.3 is 0 Å². The van der Waals surface area contributed by atoms with E-state index < -0.39 is 6.29 Å². The van der Waals surface area contributed by atoms with Crippen LogP contribution in [0.5, 0.6) is 11.5 Å². The van der Waals surface area contributed by atoms with Crippen molar-refractivity contribution in [2.24, 2.45) is 0 Å². The Hall–Kier alpha value is -2.56. The SMILES string of the molecule is C1=CC(c2c(C3=CCCC3)cc3c(c2C2OCCO2)OCO3)c2ccccc21. The van der Waals surface area contributed by atoms with Crippen LogP contribution in [0, 0.1) is 0 Å². The zero-order valence-electron chi connectivity index (χ0n) is 15.6. The van der Waals surface area contributed by atoms with Crippen LogP contribution < -0.4 is 9.47 Å². The summed E-state index contributed by atoms with van der Waals surface area (Å²) in [7, 11) is 0. The molecule has 2 aliphatic heterocycles. The van der Waals surface area contributed by atoms with E-state index in [2.05, 4.69) is 48.6 Å². The molecule has 142 valence electrons. The van der Waals surface area contributed by atoms with Crippen LogP contribution in [-0.4, -0.2) is 20.0 Å². The van der Waals surface area contributed by atoms with Crippen molar-refractivity contribution in [2.75, 3.05) is 20.0 Å². The van der Waals surface area contributed by atoms with E-state index in [1.165, 1.54) is 34.2 Å². The summed E-state index contributed by atoms with van der Waals surface area (Å²) < 4.78 is 23.7. The molecule has 6 rings (SSSR count). The zero-order chi connectivity index (χ0) is 18.5. The molecule has 2 aliphatic carbocycles. The van der Waals surface area contributed by atoms with Gasteiger partial charge in [-0.05, 0) is 53.2 Å². The predicted molar refractivity (Wildman–Crippen MR) is 106 cm³/mol. The fraction of sp³-hybridized carbons (Fsp3) is 0.333. The maximum Gasteiger partial charge on any atom is 0.231 e. The van der Waals surface area contributed by atoms with Crippen molar-refractivity contribution in [3.63, 3.8) is 0 Å². The molecule has 2 heterocycles. The first kappa shape index (κ1) is 16.4. The van der Waals surface area contributed by atoms with E-state index in [0.717, 1.165) is 29.9 Å². The lowest BCUT2D eigenvalue weighted by Crippen LogP contribution is -2.11. The molecule has 28 heavy (non-hydrogen) atoms. The first-order chi connectivity index (χ1) is 13.9. The number of benzene rings is 2. The fourth-order valence-electron chi connectivity index (χ4n) is 4.86. The van der Waals surface area contributed by atoms with Crippen LogP contribution in [0.2, 0.25) is 0 Å². The highest BCUT2D eigenvalue weighted by Crippen LogP contribution is 2.52. The van der Waals surface area contributed by atoms with E-state index in [1.54, 1.807) is 0 Å². The molecular formula is C24H22O4. The highest BCUT2D eigenvalue weighted by atomic mass is 16.7. The monoisotopic (exact) mass is 374 g/mol. The fourth-order valence-corrected chi connectivity index (χ4v) is 4.86. The Morgan fingerprint density at radius 1 is 0.964 bits per heavy atom. The zero-order valence-corrected chi connectivity index (χ0v) is 15.6. The molecular weight excluding hydrogens is 352 g/mol. The van der Waals surface area contributed by atoms with Crippen LogP contribution in [0.25, 0.3) is 11.6 Å². The second-order valence-electron chi connectivity index (χ2n) is 7.65. The van der Waals surface area contributed by atoms with Gasteiger partial charge in [-0.25, -0.2) is 0 Å². The standard InChI is InChI=1S/C24H22O4/c1-2-6-15(5-1)19-13-20-23(28-14-27-20)22(24-25-11-12-26-24)21(19)18-10-9-16-7-3-4-8-17(16)18/h3-5,7-10,13,18,24H,1-2,6,11-12,14H2. The molecule has 0 bridgehead atoms. The molecule has 4 heteroatoms. The van der Waals surface area contributed by atoms with Crippen molar-refractivity contribution in [3.05, 3.63) is 70.3 Å². The van der Waals surface area contributed by atoms with Gasteiger partial charge in [0.15, 0.2) is 17.8 Å². The maximum absolute atomic E-state index is 5.97. The first-order valence-corrected chi connectivity index (χ1v) is 10.1. The number of hydrogen-bond donors (Lipinski definition) is 0. The van der Waals surface area contributed by atoms with Crippen molar-refractivity contribution in [2.45, 2.75) is 31.5 Å². The molecule has 0 N–H and O–H groups in total. The number of hydrogen-bond acceptors (Lipinski definition) is 4.